The van der Waals surface area contributed by atoms with Gasteiger partial charge in [-0.3, -0.25) is 14.5 Å². The Balaban J connectivity index is 1.30. The fourth-order valence-corrected chi connectivity index (χ4v) is 4.17. The number of hydrogen-bond acceptors (Lipinski definition) is 4. The summed E-state index contributed by atoms with van der Waals surface area (Å²) in [5, 5.41) is 3.55. The van der Waals surface area contributed by atoms with Gasteiger partial charge in [0, 0.05) is 50.2 Å². The lowest BCUT2D eigenvalue weighted by Crippen LogP contribution is -2.51. The smallest absolute Gasteiger partial charge is 0.257 e. The molecule has 2 fully saturated rings. The SMILES string of the molecule is Cc1cc(Cl)ccc1OCC(=O)NCCN1CCN(C(=O)C2CCCC2)CC1. The van der Waals surface area contributed by atoms with Crippen LogP contribution in [0.25, 0.3) is 0 Å². The van der Waals surface area contributed by atoms with Crippen molar-refractivity contribution in [3.05, 3.63) is 28.8 Å². The highest BCUT2D eigenvalue weighted by atomic mass is 35.5. The Morgan fingerprint density at radius 1 is 1.18 bits per heavy atom. The Labute approximate surface area is 172 Å². The Morgan fingerprint density at radius 2 is 1.89 bits per heavy atom. The zero-order chi connectivity index (χ0) is 19.9. The first kappa shape index (κ1) is 20.9. The maximum atomic E-state index is 12.5. The Morgan fingerprint density at radius 3 is 2.57 bits per heavy atom. The van der Waals surface area contributed by atoms with Gasteiger partial charge in [0.15, 0.2) is 6.61 Å². The molecule has 6 nitrogen and oxygen atoms in total. The molecule has 28 heavy (non-hydrogen) atoms. The molecule has 0 radical (unpaired) electrons. The molecule has 0 spiro atoms. The lowest BCUT2D eigenvalue weighted by Gasteiger charge is -2.36. The van der Waals surface area contributed by atoms with Crippen molar-refractivity contribution in [1.82, 2.24) is 15.1 Å². The molecule has 2 amide bonds. The summed E-state index contributed by atoms with van der Waals surface area (Å²) >= 11 is 5.92. The largest absolute Gasteiger partial charge is 0.484 e. The van der Waals surface area contributed by atoms with Gasteiger partial charge in [-0.15, -0.1) is 0 Å². The normalized spacial score (nSPS) is 18.3. The quantitative estimate of drug-likeness (QED) is 0.754. The molecule has 1 saturated carbocycles. The minimum atomic E-state index is -0.135. The standard InChI is InChI=1S/C21H30ClN3O3/c1-16-14-18(22)6-7-19(16)28-15-20(26)23-8-9-24-10-12-25(13-11-24)21(27)17-4-2-3-5-17/h6-7,14,17H,2-5,8-13,15H2,1H3,(H,23,26). The fourth-order valence-electron chi connectivity index (χ4n) is 3.95. The topological polar surface area (TPSA) is 61.9 Å². The number of piperazine rings is 1. The van der Waals surface area contributed by atoms with E-state index < -0.39 is 0 Å². The summed E-state index contributed by atoms with van der Waals surface area (Å²) in [4.78, 5) is 28.8. The lowest BCUT2D eigenvalue weighted by molar-refractivity contribution is -0.137. The average molecular weight is 408 g/mol. The monoisotopic (exact) mass is 407 g/mol. The number of hydrogen-bond donors (Lipinski definition) is 1. The highest BCUT2D eigenvalue weighted by Crippen LogP contribution is 2.27. The number of halogens is 1. The first-order valence-electron chi connectivity index (χ1n) is 10.2. The van der Waals surface area contributed by atoms with Gasteiger partial charge in [-0.05, 0) is 43.5 Å². The van der Waals surface area contributed by atoms with Gasteiger partial charge in [0.1, 0.15) is 5.75 Å². The van der Waals surface area contributed by atoms with E-state index in [0.717, 1.165) is 51.1 Å². The number of rotatable bonds is 7. The molecule has 3 rings (SSSR count). The van der Waals surface area contributed by atoms with Crippen molar-refractivity contribution in [2.75, 3.05) is 45.9 Å². The van der Waals surface area contributed by atoms with E-state index in [9.17, 15) is 9.59 Å². The number of benzene rings is 1. The van der Waals surface area contributed by atoms with Crippen LogP contribution in [-0.2, 0) is 9.59 Å². The molecule has 0 unspecified atom stereocenters. The van der Waals surface area contributed by atoms with Crippen molar-refractivity contribution < 1.29 is 14.3 Å². The first-order valence-corrected chi connectivity index (χ1v) is 10.6. The van der Waals surface area contributed by atoms with Crippen LogP contribution >= 0.6 is 11.6 Å². The predicted octanol–water partition coefficient (Wildman–Crippen LogP) is 2.48. The summed E-state index contributed by atoms with van der Waals surface area (Å²) in [6, 6.07) is 5.34. The van der Waals surface area contributed by atoms with Crippen molar-refractivity contribution in [1.29, 1.82) is 0 Å². The number of nitrogens with one attached hydrogen (secondary N) is 1. The van der Waals surface area contributed by atoms with Crippen LogP contribution in [0.4, 0.5) is 0 Å². The molecule has 1 aromatic rings. The maximum absolute atomic E-state index is 12.5. The zero-order valence-corrected chi connectivity index (χ0v) is 17.3. The summed E-state index contributed by atoms with van der Waals surface area (Å²) in [7, 11) is 0. The molecule has 1 N–H and O–H groups in total. The van der Waals surface area contributed by atoms with Crippen LogP contribution in [-0.4, -0.2) is 67.5 Å². The number of ether oxygens (including phenoxy) is 1. The van der Waals surface area contributed by atoms with Gasteiger partial charge < -0.3 is 15.0 Å². The molecular weight excluding hydrogens is 378 g/mol. The minimum absolute atomic E-state index is 0.00780. The summed E-state index contributed by atoms with van der Waals surface area (Å²) < 4.78 is 5.56. The van der Waals surface area contributed by atoms with Crippen LogP contribution in [0.5, 0.6) is 5.75 Å². The van der Waals surface area contributed by atoms with Gasteiger partial charge in [-0.2, -0.15) is 0 Å². The molecule has 0 atom stereocenters. The van der Waals surface area contributed by atoms with Gasteiger partial charge in [0.2, 0.25) is 5.91 Å². The fraction of sp³-hybridized carbons (Fsp3) is 0.619. The Kier molecular flexibility index (Phi) is 7.57. The summed E-state index contributed by atoms with van der Waals surface area (Å²) in [5.74, 6) is 1.14. The summed E-state index contributed by atoms with van der Waals surface area (Å²) in [6.45, 7) is 6.59. The number of aryl methyl sites for hydroxylation is 1. The van der Waals surface area contributed by atoms with Gasteiger partial charge in [-0.25, -0.2) is 0 Å². The van der Waals surface area contributed by atoms with Crippen LogP contribution < -0.4 is 10.1 Å². The second-order valence-corrected chi connectivity index (χ2v) is 8.13. The first-order chi connectivity index (χ1) is 13.5. The second-order valence-electron chi connectivity index (χ2n) is 7.70. The molecule has 1 aromatic carbocycles. The maximum Gasteiger partial charge on any atom is 0.257 e. The van der Waals surface area contributed by atoms with Crippen molar-refractivity contribution in [2.24, 2.45) is 5.92 Å². The molecule has 1 aliphatic heterocycles. The lowest BCUT2D eigenvalue weighted by atomic mass is 10.1. The predicted molar refractivity (Wildman–Crippen MR) is 110 cm³/mol. The summed E-state index contributed by atoms with van der Waals surface area (Å²) in [5.41, 5.74) is 0.908. The third-order valence-corrected chi connectivity index (χ3v) is 5.87. The van der Waals surface area contributed by atoms with Crippen LogP contribution in [0.15, 0.2) is 18.2 Å². The zero-order valence-electron chi connectivity index (χ0n) is 16.6. The van der Waals surface area contributed by atoms with E-state index in [4.69, 9.17) is 16.3 Å². The van der Waals surface area contributed by atoms with Crippen molar-refractivity contribution in [3.8, 4) is 5.75 Å². The highest BCUT2D eigenvalue weighted by Gasteiger charge is 2.29. The van der Waals surface area contributed by atoms with Crippen LogP contribution in [0, 0.1) is 12.8 Å². The average Bonchev–Trinajstić information content (AvgIpc) is 3.22. The number of carbonyl (C=O) groups excluding carboxylic acids is 2. The molecule has 0 bridgehead atoms. The van der Waals surface area contributed by atoms with Crippen LogP contribution in [0.1, 0.15) is 31.2 Å². The van der Waals surface area contributed by atoms with Gasteiger partial charge in [0.05, 0.1) is 0 Å². The highest BCUT2D eigenvalue weighted by molar-refractivity contribution is 6.30. The van der Waals surface area contributed by atoms with Crippen LogP contribution in [0.3, 0.4) is 0 Å². The molecule has 1 saturated heterocycles. The Bertz CT molecular complexity index is 683. The van der Waals surface area contributed by atoms with E-state index in [2.05, 4.69) is 10.2 Å². The van der Waals surface area contributed by atoms with Crippen molar-refractivity contribution in [3.63, 3.8) is 0 Å². The Hall–Kier alpha value is -1.79. The van der Waals surface area contributed by atoms with Gasteiger partial charge in [0.25, 0.3) is 5.91 Å². The van der Waals surface area contributed by atoms with E-state index in [1.807, 2.05) is 17.9 Å². The van der Waals surface area contributed by atoms with E-state index in [0.29, 0.717) is 23.2 Å². The number of carbonyl (C=O) groups is 2. The molecule has 7 heteroatoms. The molecule has 154 valence electrons. The molecule has 2 aliphatic rings. The van der Waals surface area contributed by atoms with E-state index in [1.165, 1.54) is 12.8 Å². The number of nitrogens with zero attached hydrogens (tertiary/aromatic N) is 2. The third-order valence-electron chi connectivity index (χ3n) is 5.63. The van der Waals surface area contributed by atoms with E-state index in [1.54, 1.807) is 12.1 Å². The molecular formula is C21H30ClN3O3. The summed E-state index contributed by atoms with van der Waals surface area (Å²) in [6.07, 6.45) is 4.50. The van der Waals surface area contributed by atoms with Crippen molar-refractivity contribution >= 4 is 23.4 Å². The molecule has 1 heterocycles. The van der Waals surface area contributed by atoms with Crippen molar-refractivity contribution in [2.45, 2.75) is 32.6 Å². The third kappa shape index (κ3) is 5.85. The van der Waals surface area contributed by atoms with Gasteiger partial charge >= 0.3 is 0 Å². The van der Waals surface area contributed by atoms with E-state index >= 15 is 0 Å². The molecule has 1 aliphatic carbocycles. The minimum Gasteiger partial charge on any atom is -0.484 e. The number of amides is 2. The second kappa shape index (κ2) is 10.1. The van der Waals surface area contributed by atoms with E-state index in [-0.39, 0.29) is 18.4 Å². The van der Waals surface area contributed by atoms with Gasteiger partial charge in [-0.1, -0.05) is 24.4 Å². The molecule has 0 aromatic heterocycles. The van der Waals surface area contributed by atoms with Crippen LogP contribution in [0.2, 0.25) is 5.02 Å².